The molecule has 8 nitrogen and oxygen atoms in total. The SMILES string of the molecule is Cc1ccc2c(c1)c(=O)n(C)c1nnc(COC(=O)COc3cc(Cl)c(Cl)cc3Cl)n21. The van der Waals surface area contributed by atoms with Gasteiger partial charge in [-0.05, 0) is 25.1 Å². The van der Waals surface area contributed by atoms with Crippen LogP contribution in [-0.4, -0.2) is 31.7 Å². The predicted octanol–water partition coefficient (Wildman–Crippen LogP) is 3.97. The van der Waals surface area contributed by atoms with Gasteiger partial charge >= 0.3 is 5.97 Å². The highest BCUT2D eigenvalue weighted by Crippen LogP contribution is 2.33. The number of hydrogen-bond donors (Lipinski definition) is 0. The highest BCUT2D eigenvalue weighted by molar-refractivity contribution is 6.43. The van der Waals surface area contributed by atoms with E-state index in [1.165, 1.54) is 16.7 Å². The molecule has 0 aliphatic carbocycles. The van der Waals surface area contributed by atoms with Crippen LogP contribution in [0.4, 0.5) is 0 Å². The van der Waals surface area contributed by atoms with E-state index in [0.717, 1.165) is 5.56 Å². The van der Waals surface area contributed by atoms with Gasteiger partial charge in [0, 0.05) is 13.1 Å². The molecule has 4 rings (SSSR count). The Morgan fingerprint density at radius 1 is 1.06 bits per heavy atom. The molecule has 0 aliphatic heterocycles. The molecule has 2 aromatic heterocycles. The summed E-state index contributed by atoms with van der Waals surface area (Å²) in [7, 11) is 1.61. The predicted molar refractivity (Wildman–Crippen MR) is 117 cm³/mol. The lowest BCUT2D eigenvalue weighted by molar-refractivity contribution is -0.147. The average molecular weight is 482 g/mol. The van der Waals surface area contributed by atoms with Crippen LogP contribution in [0.2, 0.25) is 15.1 Å². The van der Waals surface area contributed by atoms with Gasteiger partial charge in [0.2, 0.25) is 5.78 Å². The van der Waals surface area contributed by atoms with Gasteiger partial charge in [-0.3, -0.25) is 13.8 Å². The topological polar surface area (TPSA) is 87.7 Å². The molecule has 0 amide bonds. The van der Waals surface area contributed by atoms with E-state index >= 15 is 0 Å². The number of aryl methyl sites for hydroxylation is 2. The Balaban J connectivity index is 1.54. The standard InChI is InChI=1S/C20H15Cl3N4O4/c1-10-3-4-15-11(5-10)19(29)26(2)20-25-24-17(27(15)20)8-31-18(28)9-30-16-7-13(22)12(21)6-14(16)23/h3-7H,8-9H2,1-2H3. The number of fused-ring (bicyclic) bond motifs is 3. The van der Waals surface area contributed by atoms with Crippen LogP contribution in [0.3, 0.4) is 0 Å². The quantitative estimate of drug-likeness (QED) is 0.317. The molecule has 31 heavy (non-hydrogen) atoms. The van der Waals surface area contributed by atoms with Crippen molar-refractivity contribution in [3.63, 3.8) is 0 Å². The Kier molecular flexibility index (Phi) is 5.79. The van der Waals surface area contributed by atoms with Crippen LogP contribution in [0.15, 0.2) is 35.1 Å². The van der Waals surface area contributed by atoms with Crippen molar-refractivity contribution < 1.29 is 14.3 Å². The van der Waals surface area contributed by atoms with Crippen molar-refractivity contribution >= 4 is 57.5 Å². The number of esters is 1. The Bertz CT molecular complexity index is 1400. The summed E-state index contributed by atoms with van der Waals surface area (Å²) in [5.41, 5.74) is 1.38. The van der Waals surface area contributed by atoms with Gasteiger partial charge in [0.15, 0.2) is 19.0 Å². The van der Waals surface area contributed by atoms with Gasteiger partial charge in [-0.25, -0.2) is 4.79 Å². The van der Waals surface area contributed by atoms with E-state index in [4.69, 9.17) is 44.3 Å². The van der Waals surface area contributed by atoms with Crippen LogP contribution in [0.5, 0.6) is 5.75 Å². The van der Waals surface area contributed by atoms with Gasteiger partial charge in [0.1, 0.15) is 5.75 Å². The third-order valence-corrected chi connectivity index (χ3v) is 5.64. The lowest BCUT2D eigenvalue weighted by Gasteiger charge is -2.10. The summed E-state index contributed by atoms with van der Waals surface area (Å²) in [5, 5.41) is 9.39. The van der Waals surface area contributed by atoms with Crippen molar-refractivity contribution in [2.45, 2.75) is 13.5 Å². The Hall–Kier alpha value is -2.81. The molecule has 0 aliphatic rings. The largest absolute Gasteiger partial charge is 0.480 e. The van der Waals surface area contributed by atoms with Crippen molar-refractivity contribution in [2.75, 3.05) is 6.61 Å². The molecule has 160 valence electrons. The zero-order valence-corrected chi connectivity index (χ0v) is 18.6. The number of hydrogen-bond acceptors (Lipinski definition) is 6. The van der Waals surface area contributed by atoms with E-state index in [0.29, 0.717) is 22.5 Å². The lowest BCUT2D eigenvalue weighted by atomic mass is 10.1. The molecule has 0 unspecified atom stereocenters. The number of carbonyl (C=O) groups is 1. The van der Waals surface area contributed by atoms with Crippen LogP contribution in [0.25, 0.3) is 16.7 Å². The Morgan fingerprint density at radius 2 is 1.81 bits per heavy atom. The number of nitrogens with zero attached hydrogens (tertiary/aromatic N) is 4. The molecule has 0 fully saturated rings. The molecule has 4 aromatic rings. The molecule has 11 heteroatoms. The molecular weight excluding hydrogens is 467 g/mol. The molecule has 0 spiro atoms. The van der Waals surface area contributed by atoms with Crippen LogP contribution in [0, 0.1) is 6.92 Å². The Labute approximate surface area is 190 Å². The van der Waals surface area contributed by atoms with Crippen molar-refractivity contribution in [1.29, 1.82) is 0 Å². The third kappa shape index (κ3) is 4.06. The van der Waals surface area contributed by atoms with Crippen molar-refractivity contribution in [3.8, 4) is 5.75 Å². The number of benzene rings is 2. The Morgan fingerprint density at radius 3 is 2.58 bits per heavy atom. The maximum absolute atomic E-state index is 12.6. The van der Waals surface area contributed by atoms with Gasteiger partial charge in [-0.2, -0.15) is 0 Å². The lowest BCUT2D eigenvalue weighted by Crippen LogP contribution is -2.21. The van der Waals surface area contributed by atoms with Crippen LogP contribution >= 0.6 is 34.8 Å². The number of ether oxygens (including phenoxy) is 2. The molecule has 0 saturated heterocycles. The number of aromatic nitrogens is 4. The second-order valence-corrected chi connectivity index (χ2v) is 8.00. The molecule has 0 bridgehead atoms. The molecule has 2 heterocycles. The first-order valence-electron chi connectivity index (χ1n) is 9.02. The van der Waals surface area contributed by atoms with Gasteiger partial charge in [-0.15, -0.1) is 10.2 Å². The highest BCUT2D eigenvalue weighted by Gasteiger charge is 2.17. The second kappa shape index (κ2) is 8.37. The van der Waals surface area contributed by atoms with E-state index in [2.05, 4.69) is 10.2 Å². The van der Waals surface area contributed by atoms with E-state index < -0.39 is 12.6 Å². The molecule has 0 atom stereocenters. The summed E-state index contributed by atoms with van der Waals surface area (Å²) in [6.45, 7) is 1.34. The van der Waals surface area contributed by atoms with Gasteiger partial charge in [-0.1, -0.05) is 46.4 Å². The number of carbonyl (C=O) groups excluding carboxylic acids is 1. The molecule has 0 saturated carbocycles. The fraction of sp³-hybridized carbons (Fsp3) is 0.200. The van der Waals surface area contributed by atoms with Gasteiger partial charge in [0.05, 0.1) is 26.0 Å². The van der Waals surface area contributed by atoms with Crippen molar-refractivity contribution in [2.24, 2.45) is 7.05 Å². The van der Waals surface area contributed by atoms with E-state index in [9.17, 15) is 9.59 Å². The number of halogens is 3. The average Bonchev–Trinajstić information content (AvgIpc) is 3.16. The van der Waals surface area contributed by atoms with Crippen LogP contribution < -0.4 is 10.3 Å². The minimum atomic E-state index is -0.649. The van der Waals surface area contributed by atoms with Crippen molar-refractivity contribution in [1.82, 2.24) is 19.2 Å². The highest BCUT2D eigenvalue weighted by atomic mass is 35.5. The maximum Gasteiger partial charge on any atom is 0.344 e. The van der Waals surface area contributed by atoms with E-state index in [1.54, 1.807) is 17.5 Å². The second-order valence-electron chi connectivity index (χ2n) is 6.78. The summed E-state index contributed by atoms with van der Waals surface area (Å²) in [5.74, 6) is 0.257. The van der Waals surface area contributed by atoms with Crippen LogP contribution in [-0.2, 0) is 23.2 Å². The fourth-order valence-electron chi connectivity index (χ4n) is 3.09. The number of rotatable bonds is 5. The molecule has 0 radical (unpaired) electrons. The molecule has 2 aromatic carbocycles. The first-order chi connectivity index (χ1) is 14.8. The fourth-order valence-corrected chi connectivity index (χ4v) is 3.68. The summed E-state index contributed by atoms with van der Waals surface area (Å²) < 4.78 is 13.7. The zero-order chi connectivity index (χ0) is 22.3. The van der Waals surface area contributed by atoms with E-state index in [-0.39, 0.29) is 33.0 Å². The minimum Gasteiger partial charge on any atom is -0.480 e. The maximum atomic E-state index is 12.6. The van der Waals surface area contributed by atoms with Crippen LogP contribution in [0.1, 0.15) is 11.4 Å². The smallest absolute Gasteiger partial charge is 0.344 e. The monoisotopic (exact) mass is 480 g/mol. The zero-order valence-electron chi connectivity index (χ0n) is 16.4. The third-order valence-electron chi connectivity index (χ3n) is 4.62. The first-order valence-corrected chi connectivity index (χ1v) is 10.2. The molecular formula is C20H15Cl3N4O4. The summed E-state index contributed by atoms with van der Waals surface area (Å²) >= 11 is 17.8. The van der Waals surface area contributed by atoms with E-state index in [1.807, 2.05) is 19.1 Å². The van der Waals surface area contributed by atoms with Crippen molar-refractivity contribution in [3.05, 3.63) is 67.1 Å². The summed E-state index contributed by atoms with van der Waals surface area (Å²) in [4.78, 5) is 24.8. The summed E-state index contributed by atoms with van der Waals surface area (Å²) in [6, 6.07) is 8.32. The first kappa shape index (κ1) is 21.4. The molecule has 0 N–H and O–H groups in total. The summed E-state index contributed by atoms with van der Waals surface area (Å²) in [6.07, 6.45) is 0. The normalized spacial score (nSPS) is 11.3. The minimum absolute atomic E-state index is 0.167. The van der Waals surface area contributed by atoms with Gasteiger partial charge in [0.25, 0.3) is 5.56 Å². The van der Waals surface area contributed by atoms with Gasteiger partial charge < -0.3 is 9.47 Å².